The maximum atomic E-state index is 12.1. The average molecular weight is 353 g/mol. The van der Waals surface area contributed by atoms with Gasteiger partial charge in [0, 0.05) is 18.3 Å². The number of aliphatic hydroxyl groups excluding tert-OH is 2. The summed E-state index contributed by atoms with van der Waals surface area (Å²) in [5.41, 5.74) is 0. The lowest BCUT2D eigenvalue weighted by atomic mass is 9.88. The van der Waals surface area contributed by atoms with Crippen LogP contribution in [0, 0.1) is 17.8 Å². The minimum atomic E-state index is -0.503. The Bertz CT molecular complexity index is 416. The van der Waals surface area contributed by atoms with E-state index in [4.69, 9.17) is 5.11 Å². The highest BCUT2D eigenvalue weighted by molar-refractivity contribution is 5.83. The summed E-state index contributed by atoms with van der Waals surface area (Å²) < 4.78 is 0. The largest absolute Gasteiger partial charge is 0.396 e. The molecule has 1 fully saturated rings. The Morgan fingerprint density at radius 3 is 2.68 bits per heavy atom. The van der Waals surface area contributed by atoms with Crippen LogP contribution in [0.1, 0.15) is 77.6 Å². The Labute approximate surface area is 152 Å². The molecule has 0 aromatic carbocycles. The summed E-state index contributed by atoms with van der Waals surface area (Å²) in [5, 5.41) is 18.1. The van der Waals surface area contributed by atoms with Crippen LogP contribution >= 0.6 is 0 Å². The summed E-state index contributed by atoms with van der Waals surface area (Å²) in [7, 11) is 0. The zero-order valence-corrected chi connectivity index (χ0v) is 15.8. The summed E-state index contributed by atoms with van der Waals surface area (Å²) in [6.45, 7) is 1.51. The standard InChI is InChI=1S/C21H36O4/c1-2-3-4-5-6-7-10-17-13-14-20(24)19(17)12-9-8-11-18(15-22)21(25)16-23/h7,10,17-19,22-23H,2-6,8-9,11-16H2,1H3/t17-,18?,19+/m0/s1. The van der Waals surface area contributed by atoms with E-state index in [1.54, 1.807) is 0 Å². The first-order valence-corrected chi connectivity index (χ1v) is 10.1. The molecule has 1 aliphatic rings. The summed E-state index contributed by atoms with van der Waals surface area (Å²) >= 11 is 0. The van der Waals surface area contributed by atoms with Crippen molar-refractivity contribution in [1.82, 2.24) is 0 Å². The quantitative estimate of drug-likeness (QED) is 0.368. The van der Waals surface area contributed by atoms with Crippen molar-refractivity contribution in [3.63, 3.8) is 0 Å². The molecule has 1 rings (SSSR count). The third-order valence-corrected chi connectivity index (χ3v) is 5.41. The Kier molecular flexibility index (Phi) is 11.7. The molecule has 0 bridgehead atoms. The lowest BCUT2D eigenvalue weighted by molar-refractivity contribution is -0.127. The van der Waals surface area contributed by atoms with Crippen LogP contribution in [0.3, 0.4) is 0 Å². The van der Waals surface area contributed by atoms with Crippen LogP contribution in [0.4, 0.5) is 0 Å². The van der Waals surface area contributed by atoms with E-state index < -0.39 is 12.5 Å². The van der Waals surface area contributed by atoms with Crippen molar-refractivity contribution in [2.24, 2.45) is 17.8 Å². The molecule has 0 aliphatic heterocycles. The Hall–Kier alpha value is -1.00. The molecule has 3 atom stereocenters. The number of carbonyl (C=O) groups excluding carboxylic acids is 2. The van der Waals surface area contributed by atoms with Crippen molar-refractivity contribution in [3.8, 4) is 0 Å². The molecule has 4 nitrogen and oxygen atoms in total. The lowest BCUT2D eigenvalue weighted by Crippen LogP contribution is -2.21. The van der Waals surface area contributed by atoms with Gasteiger partial charge in [-0.25, -0.2) is 0 Å². The van der Waals surface area contributed by atoms with Crippen molar-refractivity contribution in [3.05, 3.63) is 12.2 Å². The monoisotopic (exact) mass is 352 g/mol. The second kappa shape index (κ2) is 13.2. The number of ketones is 2. The highest BCUT2D eigenvalue weighted by Crippen LogP contribution is 2.34. The normalized spacial score (nSPS) is 22.0. The number of unbranched alkanes of at least 4 members (excludes halogenated alkanes) is 5. The Morgan fingerprint density at radius 1 is 1.20 bits per heavy atom. The summed E-state index contributed by atoms with van der Waals surface area (Å²) in [6, 6.07) is 0. The predicted molar refractivity (Wildman–Crippen MR) is 100 cm³/mol. The van der Waals surface area contributed by atoms with Crippen molar-refractivity contribution in [1.29, 1.82) is 0 Å². The van der Waals surface area contributed by atoms with Crippen LogP contribution in [0.15, 0.2) is 12.2 Å². The number of allylic oxidation sites excluding steroid dienone is 2. The molecule has 1 saturated carbocycles. The van der Waals surface area contributed by atoms with Gasteiger partial charge < -0.3 is 10.2 Å². The van der Waals surface area contributed by atoms with Crippen molar-refractivity contribution < 1.29 is 19.8 Å². The molecule has 0 radical (unpaired) electrons. The van der Waals surface area contributed by atoms with Crippen molar-refractivity contribution >= 4 is 11.6 Å². The van der Waals surface area contributed by atoms with Crippen LogP contribution in [0.5, 0.6) is 0 Å². The summed E-state index contributed by atoms with van der Waals surface area (Å²) in [6.07, 6.45) is 15.5. The van der Waals surface area contributed by atoms with Crippen LogP contribution < -0.4 is 0 Å². The number of carbonyl (C=O) groups is 2. The highest BCUT2D eigenvalue weighted by Gasteiger charge is 2.32. The molecule has 0 heterocycles. The van der Waals surface area contributed by atoms with Gasteiger partial charge in [-0.2, -0.15) is 0 Å². The van der Waals surface area contributed by atoms with Gasteiger partial charge in [0.25, 0.3) is 0 Å². The second-order valence-corrected chi connectivity index (χ2v) is 7.34. The molecule has 0 aromatic heterocycles. The predicted octanol–water partition coefficient (Wildman–Crippen LogP) is 3.84. The van der Waals surface area contributed by atoms with E-state index in [0.29, 0.717) is 24.5 Å². The van der Waals surface area contributed by atoms with Gasteiger partial charge in [0.05, 0.1) is 6.61 Å². The van der Waals surface area contributed by atoms with Gasteiger partial charge in [0.1, 0.15) is 12.4 Å². The van der Waals surface area contributed by atoms with E-state index in [1.807, 2.05) is 0 Å². The van der Waals surface area contributed by atoms with Gasteiger partial charge in [0.15, 0.2) is 5.78 Å². The molecule has 144 valence electrons. The number of Topliss-reactive ketones (excluding diaryl/α,β-unsaturated/α-hetero) is 2. The molecular formula is C21H36O4. The Morgan fingerprint density at radius 2 is 2.00 bits per heavy atom. The molecule has 0 spiro atoms. The van der Waals surface area contributed by atoms with Gasteiger partial charge in [-0.3, -0.25) is 9.59 Å². The van der Waals surface area contributed by atoms with Crippen LogP contribution in [0.25, 0.3) is 0 Å². The highest BCUT2D eigenvalue weighted by atomic mass is 16.3. The third-order valence-electron chi connectivity index (χ3n) is 5.41. The molecule has 0 saturated heterocycles. The second-order valence-electron chi connectivity index (χ2n) is 7.34. The van der Waals surface area contributed by atoms with Crippen molar-refractivity contribution in [2.75, 3.05) is 13.2 Å². The lowest BCUT2D eigenvalue weighted by Gasteiger charge is -2.16. The first-order chi connectivity index (χ1) is 12.1. The van der Waals surface area contributed by atoms with E-state index in [-0.39, 0.29) is 18.3 Å². The first-order valence-electron chi connectivity index (χ1n) is 10.1. The van der Waals surface area contributed by atoms with Crippen LogP contribution in [-0.2, 0) is 9.59 Å². The topological polar surface area (TPSA) is 74.6 Å². The van der Waals surface area contributed by atoms with Gasteiger partial charge >= 0.3 is 0 Å². The molecule has 4 heteroatoms. The first kappa shape index (κ1) is 22.0. The smallest absolute Gasteiger partial charge is 0.163 e. The van der Waals surface area contributed by atoms with E-state index in [9.17, 15) is 14.7 Å². The van der Waals surface area contributed by atoms with Gasteiger partial charge in [-0.05, 0) is 38.0 Å². The van der Waals surface area contributed by atoms with Crippen LogP contribution in [-0.4, -0.2) is 35.0 Å². The van der Waals surface area contributed by atoms with Crippen molar-refractivity contribution in [2.45, 2.75) is 77.6 Å². The summed E-state index contributed by atoms with van der Waals surface area (Å²) in [4.78, 5) is 23.6. The number of hydrogen-bond donors (Lipinski definition) is 2. The van der Waals surface area contributed by atoms with Crippen LogP contribution in [0.2, 0.25) is 0 Å². The van der Waals surface area contributed by atoms with Gasteiger partial charge in [0.2, 0.25) is 0 Å². The van der Waals surface area contributed by atoms with Gasteiger partial charge in [-0.1, -0.05) is 51.2 Å². The molecule has 0 aromatic rings. The fourth-order valence-corrected chi connectivity index (χ4v) is 3.74. The maximum absolute atomic E-state index is 12.1. The fourth-order valence-electron chi connectivity index (χ4n) is 3.74. The number of aliphatic hydroxyl groups is 2. The van der Waals surface area contributed by atoms with E-state index in [1.165, 1.54) is 25.7 Å². The zero-order valence-electron chi connectivity index (χ0n) is 15.8. The molecular weight excluding hydrogens is 316 g/mol. The molecule has 25 heavy (non-hydrogen) atoms. The zero-order chi connectivity index (χ0) is 18.5. The Balaban J connectivity index is 2.30. The van der Waals surface area contributed by atoms with Gasteiger partial charge in [-0.15, -0.1) is 0 Å². The minimum Gasteiger partial charge on any atom is -0.396 e. The van der Waals surface area contributed by atoms with E-state index in [0.717, 1.165) is 32.1 Å². The average Bonchev–Trinajstić information content (AvgIpc) is 2.97. The SMILES string of the molecule is CCCCCCC=C[C@H]1CCC(=O)[C@@H]1CCCCC(CO)C(=O)CO. The summed E-state index contributed by atoms with van der Waals surface area (Å²) in [5.74, 6) is 0.150. The minimum absolute atomic E-state index is 0.132. The van der Waals surface area contributed by atoms with E-state index in [2.05, 4.69) is 19.1 Å². The third kappa shape index (κ3) is 8.28. The fraction of sp³-hybridized carbons (Fsp3) is 0.810. The molecule has 2 N–H and O–H groups in total. The maximum Gasteiger partial charge on any atom is 0.163 e. The number of rotatable bonds is 14. The van der Waals surface area contributed by atoms with E-state index >= 15 is 0 Å². The molecule has 1 aliphatic carbocycles. The molecule has 0 amide bonds. The number of hydrogen-bond acceptors (Lipinski definition) is 4. The molecule has 1 unspecified atom stereocenters.